The van der Waals surface area contributed by atoms with Crippen molar-refractivity contribution in [1.82, 2.24) is 0 Å². The summed E-state index contributed by atoms with van der Waals surface area (Å²) >= 11 is 5.58. The summed E-state index contributed by atoms with van der Waals surface area (Å²) in [6.07, 6.45) is 0.983. The molecule has 2 nitrogen and oxygen atoms in total. The molecule has 0 aromatic carbocycles. The number of hydrogen-bond acceptors (Lipinski definition) is 2. The minimum Gasteiger partial charge on any atom is -0.391 e. The molecule has 0 aliphatic carbocycles. The van der Waals surface area contributed by atoms with Crippen LogP contribution in [0.4, 0.5) is 0 Å². The maximum Gasteiger partial charge on any atom is 0.149 e. The molecule has 52 valence electrons. The summed E-state index contributed by atoms with van der Waals surface area (Å²) in [5, 5.41) is 4.21. The quantitative estimate of drug-likeness (QED) is 0.556. The van der Waals surface area contributed by atoms with Crippen LogP contribution in [0.5, 0.6) is 0 Å². The van der Waals surface area contributed by atoms with Crippen LogP contribution >= 0.6 is 11.6 Å². The monoisotopic (exact) mass is 147 g/mol. The topological polar surface area (TPSA) is 21.6 Å². The van der Waals surface area contributed by atoms with Crippen LogP contribution in [0.2, 0.25) is 0 Å². The van der Waals surface area contributed by atoms with Crippen LogP contribution in [0.1, 0.15) is 20.3 Å². The van der Waals surface area contributed by atoms with Gasteiger partial charge in [0, 0.05) is 6.42 Å². The molecule has 0 aromatic heterocycles. The highest BCUT2D eigenvalue weighted by Crippen LogP contribution is 2.19. The Kier molecular flexibility index (Phi) is 1.96. The van der Waals surface area contributed by atoms with Crippen LogP contribution in [0.15, 0.2) is 5.16 Å². The molecule has 1 rings (SSSR count). The fraction of sp³-hybridized carbons (Fsp3) is 0.833. The van der Waals surface area contributed by atoms with Gasteiger partial charge >= 0.3 is 0 Å². The lowest BCUT2D eigenvalue weighted by Gasteiger charge is -2.09. The van der Waals surface area contributed by atoms with Crippen LogP contribution in [0.25, 0.3) is 0 Å². The first-order valence-corrected chi connectivity index (χ1v) is 3.46. The Bertz CT molecular complexity index is 133. The van der Waals surface area contributed by atoms with Crippen LogP contribution in [-0.4, -0.2) is 11.3 Å². The maximum atomic E-state index is 5.58. The Labute approximate surface area is 59.8 Å². The molecule has 0 spiro atoms. The van der Waals surface area contributed by atoms with E-state index in [2.05, 4.69) is 19.0 Å². The summed E-state index contributed by atoms with van der Waals surface area (Å²) in [4.78, 5) is 4.98. The van der Waals surface area contributed by atoms with Crippen LogP contribution < -0.4 is 0 Å². The second kappa shape index (κ2) is 2.56. The minimum atomic E-state index is 0.206. The predicted octanol–water partition coefficient (Wildman–Crippen LogP) is 1.98. The van der Waals surface area contributed by atoms with Gasteiger partial charge in [-0.1, -0.05) is 30.6 Å². The molecule has 1 heterocycles. The lowest BCUT2D eigenvalue weighted by molar-refractivity contribution is 0.0521. The molecule has 0 saturated carbocycles. The van der Waals surface area contributed by atoms with Gasteiger partial charge < -0.3 is 4.84 Å². The van der Waals surface area contributed by atoms with Crippen molar-refractivity contribution in [3.63, 3.8) is 0 Å². The van der Waals surface area contributed by atoms with E-state index in [0.29, 0.717) is 11.1 Å². The first kappa shape index (κ1) is 6.87. The van der Waals surface area contributed by atoms with E-state index in [1.807, 2.05) is 0 Å². The van der Waals surface area contributed by atoms with E-state index >= 15 is 0 Å². The molecule has 1 aliphatic heterocycles. The standard InChI is InChI=1S/C6H10ClNO/c1-4(2)5-3-6(7)8-9-5/h4-5H,3H2,1-2H3/t5-/m0/s1. The molecule has 0 unspecified atom stereocenters. The largest absolute Gasteiger partial charge is 0.391 e. The summed E-state index contributed by atoms with van der Waals surface area (Å²) in [5.41, 5.74) is 0. The van der Waals surface area contributed by atoms with Crippen molar-refractivity contribution >= 4 is 16.8 Å². The zero-order valence-electron chi connectivity index (χ0n) is 5.60. The highest BCUT2D eigenvalue weighted by Gasteiger charge is 2.22. The number of oxime groups is 1. The molecule has 0 aromatic rings. The molecule has 0 bridgehead atoms. The van der Waals surface area contributed by atoms with Gasteiger partial charge in [-0.2, -0.15) is 0 Å². The predicted molar refractivity (Wildman–Crippen MR) is 37.6 cm³/mol. The Balaban J connectivity index is 2.37. The third-order valence-electron chi connectivity index (χ3n) is 1.40. The number of nitrogens with zero attached hydrogens (tertiary/aromatic N) is 1. The van der Waals surface area contributed by atoms with Crippen molar-refractivity contribution in [3.05, 3.63) is 0 Å². The molecule has 1 atom stereocenters. The fourth-order valence-corrected chi connectivity index (χ4v) is 0.915. The van der Waals surface area contributed by atoms with E-state index in [1.54, 1.807) is 0 Å². The van der Waals surface area contributed by atoms with Crippen molar-refractivity contribution in [1.29, 1.82) is 0 Å². The zero-order chi connectivity index (χ0) is 6.85. The summed E-state index contributed by atoms with van der Waals surface area (Å²) in [5.74, 6) is 0.505. The van der Waals surface area contributed by atoms with Gasteiger partial charge in [-0.25, -0.2) is 0 Å². The normalized spacial score (nSPS) is 26.2. The molecule has 3 heteroatoms. The number of rotatable bonds is 1. The average molecular weight is 148 g/mol. The summed E-state index contributed by atoms with van der Waals surface area (Å²) < 4.78 is 0. The summed E-state index contributed by atoms with van der Waals surface area (Å²) in [6.45, 7) is 4.19. The first-order chi connectivity index (χ1) is 4.20. The summed E-state index contributed by atoms with van der Waals surface area (Å²) in [6, 6.07) is 0. The Morgan fingerprint density at radius 3 is 2.67 bits per heavy atom. The molecule has 0 saturated heterocycles. The van der Waals surface area contributed by atoms with Crippen LogP contribution in [-0.2, 0) is 4.84 Å². The van der Waals surface area contributed by atoms with E-state index in [9.17, 15) is 0 Å². The van der Waals surface area contributed by atoms with E-state index in [4.69, 9.17) is 16.4 Å². The Morgan fingerprint density at radius 1 is 1.78 bits per heavy atom. The SMILES string of the molecule is CC(C)[C@@H]1CC(Cl)=NO1. The van der Waals surface area contributed by atoms with Crippen LogP contribution in [0.3, 0.4) is 0 Å². The van der Waals surface area contributed by atoms with Crippen molar-refractivity contribution in [3.8, 4) is 0 Å². The van der Waals surface area contributed by atoms with Gasteiger partial charge in [-0.15, -0.1) is 0 Å². The number of hydrogen-bond donors (Lipinski definition) is 0. The highest BCUT2D eigenvalue weighted by atomic mass is 35.5. The van der Waals surface area contributed by atoms with Gasteiger partial charge in [0.15, 0.2) is 0 Å². The third-order valence-corrected chi connectivity index (χ3v) is 1.62. The molecule has 0 fully saturated rings. The zero-order valence-corrected chi connectivity index (χ0v) is 6.35. The van der Waals surface area contributed by atoms with Gasteiger partial charge in [0.05, 0.1) is 0 Å². The van der Waals surface area contributed by atoms with E-state index in [1.165, 1.54) is 0 Å². The third kappa shape index (κ3) is 1.58. The van der Waals surface area contributed by atoms with Crippen LogP contribution in [0, 0.1) is 5.92 Å². The molecule has 1 aliphatic rings. The Morgan fingerprint density at radius 2 is 2.44 bits per heavy atom. The van der Waals surface area contributed by atoms with E-state index in [0.717, 1.165) is 6.42 Å². The van der Waals surface area contributed by atoms with Crippen molar-refractivity contribution < 1.29 is 4.84 Å². The smallest absolute Gasteiger partial charge is 0.149 e. The maximum absolute atomic E-state index is 5.58. The van der Waals surface area contributed by atoms with Crippen molar-refractivity contribution in [2.75, 3.05) is 0 Å². The lowest BCUT2D eigenvalue weighted by Crippen LogP contribution is -2.13. The van der Waals surface area contributed by atoms with Crippen molar-refractivity contribution in [2.45, 2.75) is 26.4 Å². The molecular weight excluding hydrogens is 138 g/mol. The van der Waals surface area contributed by atoms with Gasteiger partial charge in [-0.3, -0.25) is 0 Å². The molecule has 0 N–H and O–H groups in total. The molecule has 0 amide bonds. The number of halogens is 1. The molecule has 0 radical (unpaired) electrons. The van der Waals surface area contributed by atoms with Gasteiger partial charge in [0.2, 0.25) is 0 Å². The Hall–Kier alpha value is -0.240. The fourth-order valence-electron chi connectivity index (χ4n) is 0.723. The highest BCUT2D eigenvalue weighted by molar-refractivity contribution is 6.65. The second-order valence-electron chi connectivity index (χ2n) is 2.56. The van der Waals surface area contributed by atoms with Gasteiger partial charge in [-0.05, 0) is 5.92 Å². The molecular formula is C6H10ClNO. The molecule has 9 heavy (non-hydrogen) atoms. The van der Waals surface area contributed by atoms with Crippen molar-refractivity contribution in [2.24, 2.45) is 11.1 Å². The van der Waals surface area contributed by atoms with E-state index in [-0.39, 0.29) is 6.10 Å². The van der Waals surface area contributed by atoms with Gasteiger partial charge in [0.1, 0.15) is 11.3 Å². The first-order valence-electron chi connectivity index (χ1n) is 3.08. The van der Waals surface area contributed by atoms with Gasteiger partial charge in [0.25, 0.3) is 0 Å². The lowest BCUT2D eigenvalue weighted by atomic mass is 10.1. The average Bonchev–Trinajstić information content (AvgIpc) is 2.14. The minimum absolute atomic E-state index is 0.206. The summed E-state index contributed by atoms with van der Waals surface area (Å²) in [7, 11) is 0. The van der Waals surface area contributed by atoms with E-state index < -0.39 is 0 Å². The second-order valence-corrected chi connectivity index (χ2v) is 3.00.